The van der Waals surface area contributed by atoms with Crippen LogP contribution in [0.2, 0.25) is 0 Å². The second-order valence-electron chi connectivity index (χ2n) is 4.94. The molecule has 1 aromatic rings. The van der Waals surface area contributed by atoms with Crippen molar-refractivity contribution in [3.05, 3.63) is 23.9 Å². The van der Waals surface area contributed by atoms with Crippen LogP contribution in [0, 0.1) is 5.41 Å². The Morgan fingerprint density at radius 2 is 2.12 bits per heavy atom. The number of pyridine rings is 1. The number of carbonyl (C=O) groups excluding carboxylic acids is 2. The van der Waals surface area contributed by atoms with E-state index in [0.29, 0.717) is 5.82 Å². The predicted molar refractivity (Wildman–Crippen MR) is 62.6 cm³/mol. The number of amides is 2. The maximum Gasteiger partial charge on any atom is 0.235 e. The van der Waals surface area contributed by atoms with Crippen molar-refractivity contribution in [2.75, 3.05) is 5.73 Å². The van der Waals surface area contributed by atoms with E-state index in [9.17, 15) is 9.59 Å². The molecule has 0 radical (unpaired) electrons. The largest absolute Gasteiger partial charge is 0.384 e. The number of hydrogen-bond donors (Lipinski definition) is 1. The fourth-order valence-corrected chi connectivity index (χ4v) is 1.90. The van der Waals surface area contributed by atoms with Crippen molar-refractivity contribution in [2.24, 2.45) is 5.41 Å². The Hall–Kier alpha value is -1.91. The Morgan fingerprint density at radius 3 is 2.59 bits per heavy atom. The van der Waals surface area contributed by atoms with Crippen molar-refractivity contribution >= 4 is 17.6 Å². The van der Waals surface area contributed by atoms with Crippen molar-refractivity contribution in [2.45, 2.75) is 26.8 Å². The zero-order valence-electron chi connectivity index (χ0n) is 9.93. The maximum atomic E-state index is 12.0. The average Bonchev–Trinajstić information content (AvgIpc) is 2.44. The highest BCUT2D eigenvalue weighted by molar-refractivity contribution is 6.05. The van der Waals surface area contributed by atoms with Crippen LogP contribution < -0.4 is 5.73 Å². The fraction of sp³-hybridized carbons (Fsp3) is 0.417. The summed E-state index contributed by atoms with van der Waals surface area (Å²) >= 11 is 0. The highest BCUT2D eigenvalue weighted by Crippen LogP contribution is 2.32. The maximum absolute atomic E-state index is 12.0. The summed E-state index contributed by atoms with van der Waals surface area (Å²) in [6.07, 6.45) is 1.86. The SMILES string of the molecule is CC1(C)CC(=O)N(Cc2ccc(N)nc2)C1=O. The van der Waals surface area contributed by atoms with Crippen LogP contribution in [0.1, 0.15) is 25.8 Å². The zero-order chi connectivity index (χ0) is 12.6. The van der Waals surface area contributed by atoms with E-state index in [1.54, 1.807) is 32.2 Å². The molecule has 0 aromatic carbocycles. The van der Waals surface area contributed by atoms with E-state index in [1.165, 1.54) is 4.90 Å². The van der Waals surface area contributed by atoms with Crippen LogP contribution in [0.5, 0.6) is 0 Å². The molecule has 0 unspecified atom stereocenters. The van der Waals surface area contributed by atoms with E-state index < -0.39 is 5.41 Å². The van der Waals surface area contributed by atoms with E-state index in [2.05, 4.69) is 4.98 Å². The number of rotatable bonds is 2. The van der Waals surface area contributed by atoms with E-state index in [-0.39, 0.29) is 24.8 Å². The lowest BCUT2D eigenvalue weighted by atomic mass is 9.92. The van der Waals surface area contributed by atoms with Crippen LogP contribution in [0.15, 0.2) is 18.3 Å². The van der Waals surface area contributed by atoms with Crippen LogP contribution in [0.4, 0.5) is 5.82 Å². The van der Waals surface area contributed by atoms with Crippen LogP contribution >= 0.6 is 0 Å². The lowest BCUT2D eigenvalue weighted by Crippen LogP contribution is -2.32. The Balaban J connectivity index is 2.17. The third-order valence-electron chi connectivity index (χ3n) is 2.91. The molecular weight excluding hydrogens is 218 g/mol. The molecule has 2 heterocycles. The molecule has 2 rings (SSSR count). The highest BCUT2D eigenvalue weighted by atomic mass is 16.2. The molecule has 1 aliphatic heterocycles. The molecule has 0 spiro atoms. The quantitative estimate of drug-likeness (QED) is 0.771. The molecule has 0 atom stereocenters. The number of nitrogen functional groups attached to an aromatic ring is 1. The molecule has 0 aliphatic carbocycles. The molecule has 0 saturated carbocycles. The Morgan fingerprint density at radius 1 is 1.41 bits per heavy atom. The summed E-state index contributed by atoms with van der Waals surface area (Å²) < 4.78 is 0. The summed E-state index contributed by atoms with van der Waals surface area (Å²) in [6, 6.07) is 3.43. The summed E-state index contributed by atoms with van der Waals surface area (Å²) in [5.41, 5.74) is 5.69. The van der Waals surface area contributed by atoms with Crippen LogP contribution in [0.3, 0.4) is 0 Å². The van der Waals surface area contributed by atoms with Gasteiger partial charge in [0.2, 0.25) is 11.8 Å². The van der Waals surface area contributed by atoms with Crippen molar-refractivity contribution in [1.82, 2.24) is 9.88 Å². The monoisotopic (exact) mass is 233 g/mol. The van der Waals surface area contributed by atoms with Crippen LogP contribution in [-0.4, -0.2) is 21.7 Å². The van der Waals surface area contributed by atoms with E-state index in [0.717, 1.165) is 5.56 Å². The lowest BCUT2D eigenvalue weighted by Gasteiger charge is -2.17. The summed E-state index contributed by atoms with van der Waals surface area (Å²) in [5.74, 6) is 0.171. The number of aromatic nitrogens is 1. The van der Waals surface area contributed by atoms with Gasteiger partial charge in [0.25, 0.3) is 0 Å². The van der Waals surface area contributed by atoms with Gasteiger partial charge >= 0.3 is 0 Å². The molecule has 5 nitrogen and oxygen atoms in total. The molecule has 0 bridgehead atoms. The molecule has 1 aliphatic rings. The number of likely N-dealkylation sites (tertiary alicyclic amines) is 1. The van der Waals surface area contributed by atoms with Crippen molar-refractivity contribution in [3.63, 3.8) is 0 Å². The lowest BCUT2D eigenvalue weighted by molar-refractivity contribution is -0.141. The van der Waals surface area contributed by atoms with E-state index in [4.69, 9.17) is 5.73 Å². The first kappa shape index (κ1) is 11.6. The highest BCUT2D eigenvalue weighted by Gasteiger charge is 2.44. The number of carbonyl (C=O) groups is 2. The van der Waals surface area contributed by atoms with Gasteiger partial charge in [0.15, 0.2) is 0 Å². The van der Waals surface area contributed by atoms with Gasteiger partial charge in [-0.3, -0.25) is 14.5 Å². The van der Waals surface area contributed by atoms with Gasteiger partial charge in [-0.2, -0.15) is 0 Å². The molecule has 1 fully saturated rings. The normalized spacial score (nSPS) is 18.8. The minimum atomic E-state index is -0.585. The minimum absolute atomic E-state index is 0.126. The topological polar surface area (TPSA) is 76.3 Å². The standard InChI is InChI=1S/C12H15N3O2/c1-12(2)5-10(16)15(11(12)17)7-8-3-4-9(13)14-6-8/h3-4,6H,5,7H2,1-2H3,(H2,13,14). The van der Waals surface area contributed by atoms with E-state index in [1.807, 2.05) is 0 Å². The Kier molecular flexibility index (Phi) is 2.61. The smallest absolute Gasteiger partial charge is 0.235 e. The van der Waals surface area contributed by atoms with E-state index >= 15 is 0 Å². The Labute approximate surface area is 99.6 Å². The number of anilines is 1. The summed E-state index contributed by atoms with van der Waals surface area (Å²) in [4.78, 5) is 28.9. The molecule has 90 valence electrons. The van der Waals surface area contributed by atoms with Crippen molar-refractivity contribution in [1.29, 1.82) is 0 Å². The van der Waals surface area contributed by atoms with Gasteiger partial charge in [0.1, 0.15) is 5.82 Å². The van der Waals surface area contributed by atoms with Crippen LogP contribution in [0.25, 0.3) is 0 Å². The molecule has 5 heteroatoms. The minimum Gasteiger partial charge on any atom is -0.384 e. The van der Waals surface area contributed by atoms with Gasteiger partial charge in [-0.1, -0.05) is 19.9 Å². The van der Waals surface area contributed by atoms with Gasteiger partial charge in [-0.15, -0.1) is 0 Å². The number of nitrogens with two attached hydrogens (primary N) is 1. The first-order valence-corrected chi connectivity index (χ1v) is 5.45. The fourth-order valence-electron chi connectivity index (χ4n) is 1.90. The second kappa shape index (κ2) is 3.84. The summed E-state index contributed by atoms with van der Waals surface area (Å²) in [5, 5.41) is 0. The number of nitrogens with zero attached hydrogens (tertiary/aromatic N) is 2. The summed E-state index contributed by atoms with van der Waals surface area (Å²) in [7, 11) is 0. The molecule has 1 saturated heterocycles. The van der Waals surface area contributed by atoms with Gasteiger partial charge in [-0.05, 0) is 11.6 Å². The predicted octanol–water partition coefficient (Wildman–Crippen LogP) is 0.949. The van der Waals surface area contributed by atoms with Crippen LogP contribution in [-0.2, 0) is 16.1 Å². The third-order valence-corrected chi connectivity index (χ3v) is 2.91. The molecule has 1 aromatic heterocycles. The first-order chi connectivity index (χ1) is 7.90. The van der Waals surface area contributed by atoms with Gasteiger partial charge in [0.05, 0.1) is 12.0 Å². The molecular formula is C12H15N3O2. The first-order valence-electron chi connectivity index (χ1n) is 5.45. The van der Waals surface area contributed by atoms with Crippen molar-refractivity contribution < 1.29 is 9.59 Å². The van der Waals surface area contributed by atoms with Crippen molar-refractivity contribution in [3.8, 4) is 0 Å². The summed E-state index contributed by atoms with van der Waals surface area (Å²) in [6.45, 7) is 3.84. The van der Waals surface area contributed by atoms with Gasteiger partial charge in [0, 0.05) is 12.6 Å². The molecule has 2 N–H and O–H groups in total. The zero-order valence-corrected chi connectivity index (χ0v) is 9.93. The third kappa shape index (κ3) is 2.13. The number of imide groups is 1. The average molecular weight is 233 g/mol. The molecule has 17 heavy (non-hydrogen) atoms. The van der Waals surface area contributed by atoms with Gasteiger partial charge < -0.3 is 5.73 Å². The number of hydrogen-bond acceptors (Lipinski definition) is 4. The Bertz CT molecular complexity index is 465. The van der Waals surface area contributed by atoms with Gasteiger partial charge in [-0.25, -0.2) is 4.98 Å². The molecule has 2 amide bonds. The second-order valence-corrected chi connectivity index (χ2v) is 4.94.